The number of fused-ring (bicyclic) bond motifs is 1. The van der Waals surface area contributed by atoms with Gasteiger partial charge in [0.1, 0.15) is 16.4 Å². The van der Waals surface area contributed by atoms with Crippen molar-refractivity contribution in [2.24, 2.45) is 15.9 Å². The summed E-state index contributed by atoms with van der Waals surface area (Å²) < 4.78 is 34.1. The minimum absolute atomic E-state index is 0. The van der Waals surface area contributed by atoms with E-state index in [0.29, 0.717) is 12.2 Å². The van der Waals surface area contributed by atoms with Gasteiger partial charge in [-0.2, -0.15) is 0 Å². The van der Waals surface area contributed by atoms with Gasteiger partial charge in [-0.05, 0) is 23.8 Å². The molecule has 0 saturated carbocycles. The van der Waals surface area contributed by atoms with Crippen molar-refractivity contribution in [1.82, 2.24) is 5.32 Å². The van der Waals surface area contributed by atoms with Crippen molar-refractivity contribution in [3.63, 3.8) is 0 Å². The van der Waals surface area contributed by atoms with Gasteiger partial charge < -0.3 is 20.5 Å². The zero-order valence-electron chi connectivity index (χ0n) is 15.3. The molecule has 8 nitrogen and oxygen atoms in total. The van der Waals surface area contributed by atoms with E-state index in [2.05, 4.69) is 10.3 Å². The molecule has 0 aliphatic carbocycles. The topological polar surface area (TPSA) is 129 Å². The van der Waals surface area contributed by atoms with Crippen LogP contribution in [0.15, 0.2) is 52.4 Å². The molecule has 1 aliphatic rings. The lowest BCUT2D eigenvalue weighted by Crippen LogP contribution is -2.37. The lowest BCUT2D eigenvalue weighted by Gasteiger charge is -2.26. The second-order valence-electron chi connectivity index (χ2n) is 6.10. The monoisotopic (exact) mass is 518 g/mol. The zero-order chi connectivity index (χ0) is 19.4. The van der Waals surface area contributed by atoms with Crippen LogP contribution in [-0.2, 0) is 16.6 Å². The fourth-order valence-electron chi connectivity index (χ4n) is 2.93. The van der Waals surface area contributed by atoms with E-state index in [1.54, 1.807) is 12.1 Å². The predicted molar refractivity (Wildman–Crippen MR) is 118 cm³/mol. The van der Waals surface area contributed by atoms with Crippen molar-refractivity contribution in [3.05, 3.63) is 53.6 Å². The van der Waals surface area contributed by atoms with Crippen LogP contribution in [0.3, 0.4) is 0 Å². The number of rotatable bonds is 5. The Kier molecular flexibility index (Phi) is 7.49. The highest BCUT2D eigenvalue weighted by molar-refractivity contribution is 14.0. The molecule has 152 valence electrons. The van der Waals surface area contributed by atoms with Gasteiger partial charge in [0, 0.05) is 12.0 Å². The second kappa shape index (κ2) is 9.43. The standard InChI is InChI=1S/C18H22N4O4S.HI/c1-25-16-7-6-12(10-17(16)27(20,23)24)11-21-18(19)22-14-8-9-26-15-5-3-2-4-13(14)15;/h2-7,10,14H,8-9,11H2,1H3,(H3,19,21,22)(H2,20,23,24);1H. The van der Waals surface area contributed by atoms with E-state index in [-0.39, 0.29) is 53.2 Å². The van der Waals surface area contributed by atoms with Crippen LogP contribution in [0.5, 0.6) is 11.5 Å². The SMILES string of the molecule is COc1ccc(CN=C(N)NC2CCOc3ccccc32)cc1S(N)(=O)=O.I. The van der Waals surface area contributed by atoms with Crippen LogP contribution >= 0.6 is 24.0 Å². The van der Waals surface area contributed by atoms with E-state index >= 15 is 0 Å². The fraction of sp³-hybridized carbons (Fsp3) is 0.278. The molecule has 0 saturated heterocycles. The summed E-state index contributed by atoms with van der Waals surface area (Å²) in [6.45, 7) is 0.800. The third-order valence-electron chi connectivity index (χ3n) is 4.25. The molecule has 0 radical (unpaired) electrons. The highest BCUT2D eigenvalue weighted by Crippen LogP contribution is 2.31. The van der Waals surface area contributed by atoms with Crippen molar-refractivity contribution in [2.45, 2.75) is 23.9 Å². The number of sulfonamides is 1. The highest BCUT2D eigenvalue weighted by atomic mass is 127. The van der Waals surface area contributed by atoms with Crippen LogP contribution in [0.25, 0.3) is 0 Å². The summed E-state index contributed by atoms with van der Waals surface area (Å²) in [6, 6.07) is 12.5. The molecule has 2 aromatic rings. The summed E-state index contributed by atoms with van der Waals surface area (Å²) in [5.41, 5.74) is 7.70. The lowest BCUT2D eigenvalue weighted by atomic mass is 10.0. The molecule has 0 amide bonds. The van der Waals surface area contributed by atoms with E-state index in [0.717, 1.165) is 17.7 Å². The Bertz CT molecular complexity index is 966. The maximum Gasteiger partial charge on any atom is 0.241 e. The van der Waals surface area contributed by atoms with Gasteiger partial charge in [0.25, 0.3) is 0 Å². The molecule has 0 bridgehead atoms. The van der Waals surface area contributed by atoms with E-state index in [9.17, 15) is 8.42 Å². The van der Waals surface area contributed by atoms with Crippen molar-refractivity contribution in [3.8, 4) is 11.5 Å². The first-order valence-electron chi connectivity index (χ1n) is 8.36. The molecule has 1 heterocycles. The summed E-state index contributed by atoms with van der Waals surface area (Å²) in [7, 11) is -2.51. The summed E-state index contributed by atoms with van der Waals surface area (Å²) in [6.07, 6.45) is 0.769. The number of para-hydroxylation sites is 1. The number of nitrogens with zero attached hydrogens (tertiary/aromatic N) is 1. The van der Waals surface area contributed by atoms with Crippen LogP contribution in [-0.4, -0.2) is 28.1 Å². The maximum atomic E-state index is 11.7. The van der Waals surface area contributed by atoms with Gasteiger partial charge >= 0.3 is 0 Å². The molecule has 0 spiro atoms. The van der Waals surface area contributed by atoms with Gasteiger partial charge in [-0.15, -0.1) is 24.0 Å². The molecule has 0 aromatic heterocycles. The Morgan fingerprint density at radius 3 is 2.79 bits per heavy atom. The smallest absolute Gasteiger partial charge is 0.241 e. The first kappa shape index (κ1) is 22.2. The molecular formula is C18H23IN4O4S. The second-order valence-corrected chi connectivity index (χ2v) is 7.63. The fourth-order valence-corrected chi connectivity index (χ4v) is 3.68. The Hall–Kier alpha value is -2.05. The molecule has 1 unspecified atom stereocenters. The Balaban J connectivity index is 0.00000280. The Labute approximate surface area is 181 Å². The number of guanidine groups is 1. The van der Waals surface area contributed by atoms with Gasteiger partial charge in [-0.25, -0.2) is 18.5 Å². The van der Waals surface area contributed by atoms with E-state index in [1.165, 1.54) is 13.2 Å². The van der Waals surface area contributed by atoms with Crippen LogP contribution in [0, 0.1) is 0 Å². The number of ether oxygens (including phenoxy) is 2. The number of hydrogen-bond acceptors (Lipinski definition) is 5. The number of methoxy groups -OCH3 is 1. The third kappa shape index (κ3) is 5.26. The quantitative estimate of drug-likeness (QED) is 0.315. The Morgan fingerprint density at radius 1 is 1.32 bits per heavy atom. The first-order valence-corrected chi connectivity index (χ1v) is 9.91. The van der Waals surface area contributed by atoms with Crippen LogP contribution in [0.4, 0.5) is 0 Å². The number of benzene rings is 2. The van der Waals surface area contributed by atoms with Gasteiger partial charge in [-0.1, -0.05) is 24.3 Å². The number of primary sulfonamides is 1. The van der Waals surface area contributed by atoms with E-state index in [4.69, 9.17) is 20.3 Å². The van der Waals surface area contributed by atoms with Crippen molar-refractivity contribution in [2.75, 3.05) is 13.7 Å². The van der Waals surface area contributed by atoms with Gasteiger partial charge in [0.05, 0.1) is 26.3 Å². The number of nitrogens with two attached hydrogens (primary N) is 2. The minimum atomic E-state index is -3.90. The van der Waals surface area contributed by atoms with Crippen LogP contribution < -0.4 is 25.7 Å². The minimum Gasteiger partial charge on any atom is -0.495 e. The zero-order valence-corrected chi connectivity index (χ0v) is 18.4. The van der Waals surface area contributed by atoms with Crippen molar-refractivity contribution >= 4 is 40.0 Å². The summed E-state index contributed by atoms with van der Waals surface area (Å²) >= 11 is 0. The number of aliphatic imine (C=N–C) groups is 1. The lowest BCUT2D eigenvalue weighted by molar-refractivity contribution is 0.262. The molecule has 2 aromatic carbocycles. The van der Waals surface area contributed by atoms with Gasteiger partial charge in [0.2, 0.25) is 10.0 Å². The largest absolute Gasteiger partial charge is 0.495 e. The molecule has 5 N–H and O–H groups in total. The third-order valence-corrected chi connectivity index (χ3v) is 5.18. The average Bonchev–Trinajstić information content (AvgIpc) is 2.66. The summed E-state index contributed by atoms with van der Waals surface area (Å²) in [5.74, 6) is 1.29. The number of nitrogens with one attached hydrogen (secondary N) is 1. The molecular weight excluding hydrogens is 495 g/mol. The molecule has 28 heavy (non-hydrogen) atoms. The summed E-state index contributed by atoms with van der Waals surface area (Å²) in [5, 5.41) is 8.43. The number of hydrogen-bond donors (Lipinski definition) is 3. The number of halogens is 1. The van der Waals surface area contributed by atoms with Crippen molar-refractivity contribution in [1.29, 1.82) is 0 Å². The highest BCUT2D eigenvalue weighted by Gasteiger charge is 2.21. The van der Waals surface area contributed by atoms with Gasteiger partial charge in [0.15, 0.2) is 5.96 Å². The molecule has 1 aliphatic heterocycles. The predicted octanol–water partition coefficient (Wildman–Crippen LogP) is 1.89. The molecule has 10 heteroatoms. The average molecular weight is 518 g/mol. The first-order chi connectivity index (χ1) is 12.9. The van der Waals surface area contributed by atoms with E-state index in [1.807, 2.05) is 24.3 Å². The molecule has 1 atom stereocenters. The maximum absolute atomic E-state index is 11.7. The Morgan fingerprint density at radius 2 is 2.07 bits per heavy atom. The van der Waals surface area contributed by atoms with Crippen LogP contribution in [0.1, 0.15) is 23.6 Å². The van der Waals surface area contributed by atoms with E-state index < -0.39 is 10.0 Å². The molecule has 3 rings (SSSR count). The normalized spacial score (nSPS) is 16.4. The van der Waals surface area contributed by atoms with Crippen LogP contribution in [0.2, 0.25) is 0 Å². The van der Waals surface area contributed by atoms with Gasteiger partial charge in [-0.3, -0.25) is 0 Å². The van der Waals surface area contributed by atoms with Crippen molar-refractivity contribution < 1.29 is 17.9 Å². The summed E-state index contributed by atoms with van der Waals surface area (Å²) in [4.78, 5) is 4.23. The molecule has 0 fully saturated rings.